The Hall–Kier alpha value is -2.30. The Morgan fingerprint density at radius 2 is 1.76 bits per heavy atom. The topological polar surface area (TPSA) is 59.1 Å². The van der Waals surface area contributed by atoms with Crippen LogP contribution in [0.25, 0.3) is 0 Å². The molecule has 3 rings (SSSR count). The molecule has 0 unspecified atom stereocenters. The van der Waals surface area contributed by atoms with Gasteiger partial charge in [-0.05, 0) is 51.0 Å². The van der Waals surface area contributed by atoms with Crippen LogP contribution in [0.4, 0.5) is 17.5 Å². The molecule has 1 aliphatic carbocycles. The Balaban J connectivity index is 1.68. The highest BCUT2D eigenvalue weighted by molar-refractivity contribution is 5.56. The zero-order valence-corrected chi connectivity index (χ0v) is 15.2. The average Bonchev–Trinajstić information content (AvgIpc) is 2.85. The molecule has 1 aromatic heterocycles. The van der Waals surface area contributed by atoms with Crippen molar-refractivity contribution in [1.29, 1.82) is 0 Å². The van der Waals surface area contributed by atoms with Gasteiger partial charge in [0.15, 0.2) is 0 Å². The molecule has 5 nitrogen and oxygen atoms in total. The first-order valence-corrected chi connectivity index (χ1v) is 9.35. The Kier molecular flexibility index (Phi) is 6.09. The minimum atomic E-state index is 0.523. The second kappa shape index (κ2) is 8.70. The molecule has 0 atom stereocenters. The Morgan fingerprint density at radius 1 is 1.04 bits per heavy atom. The van der Waals surface area contributed by atoms with Crippen LogP contribution in [0.2, 0.25) is 0 Å². The van der Waals surface area contributed by atoms with Crippen LogP contribution in [-0.2, 0) is 0 Å². The standard InChI is InChI=1S/C20H28N4O/c1-3-25-18-12-10-17(11-13-18)23-20-21-15(2)14-19(24-20)22-16-8-6-4-5-7-9-16/h10-14,16H,3-9H2,1-2H3,(H2,21,22,23,24). The second-order valence-corrected chi connectivity index (χ2v) is 6.63. The van der Waals surface area contributed by atoms with Crippen molar-refractivity contribution in [3.05, 3.63) is 36.0 Å². The third kappa shape index (κ3) is 5.34. The number of ether oxygens (including phenoxy) is 1. The van der Waals surface area contributed by atoms with Crippen molar-refractivity contribution >= 4 is 17.5 Å². The van der Waals surface area contributed by atoms with Crippen molar-refractivity contribution in [1.82, 2.24) is 9.97 Å². The lowest BCUT2D eigenvalue weighted by Gasteiger charge is -2.18. The third-order valence-corrected chi connectivity index (χ3v) is 4.48. The van der Waals surface area contributed by atoms with E-state index in [1.54, 1.807) is 0 Å². The number of rotatable bonds is 6. The van der Waals surface area contributed by atoms with Crippen LogP contribution in [0.15, 0.2) is 30.3 Å². The van der Waals surface area contributed by atoms with Gasteiger partial charge >= 0.3 is 0 Å². The lowest BCUT2D eigenvalue weighted by Crippen LogP contribution is -2.19. The van der Waals surface area contributed by atoms with Gasteiger partial charge in [0, 0.05) is 23.5 Å². The number of benzene rings is 1. The highest BCUT2D eigenvalue weighted by atomic mass is 16.5. The molecule has 1 fully saturated rings. The third-order valence-electron chi connectivity index (χ3n) is 4.48. The summed E-state index contributed by atoms with van der Waals surface area (Å²) in [5, 5.41) is 6.89. The average molecular weight is 340 g/mol. The Morgan fingerprint density at radius 3 is 2.44 bits per heavy atom. The lowest BCUT2D eigenvalue weighted by atomic mass is 10.1. The highest BCUT2D eigenvalue weighted by Gasteiger charge is 2.13. The van der Waals surface area contributed by atoms with Crippen molar-refractivity contribution in [2.75, 3.05) is 17.2 Å². The van der Waals surface area contributed by atoms with Crippen LogP contribution < -0.4 is 15.4 Å². The second-order valence-electron chi connectivity index (χ2n) is 6.63. The number of hydrogen-bond acceptors (Lipinski definition) is 5. The molecule has 0 radical (unpaired) electrons. The first-order valence-electron chi connectivity index (χ1n) is 9.35. The molecule has 25 heavy (non-hydrogen) atoms. The normalized spacial score (nSPS) is 15.4. The first-order chi connectivity index (χ1) is 12.2. The van der Waals surface area contributed by atoms with E-state index in [0.717, 1.165) is 22.9 Å². The van der Waals surface area contributed by atoms with E-state index >= 15 is 0 Å². The van der Waals surface area contributed by atoms with Crippen molar-refractivity contribution in [3.63, 3.8) is 0 Å². The summed E-state index contributed by atoms with van der Waals surface area (Å²) in [7, 11) is 0. The van der Waals surface area contributed by atoms with Gasteiger partial charge in [-0.25, -0.2) is 4.98 Å². The van der Waals surface area contributed by atoms with E-state index in [0.29, 0.717) is 18.6 Å². The molecule has 1 aromatic carbocycles. The maximum Gasteiger partial charge on any atom is 0.229 e. The predicted octanol–water partition coefficient (Wildman–Crippen LogP) is 5.06. The van der Waals surface area contributed by atoms with Crippen molar-refractivity contribution in [3.8, 4) is 5.75 Å². The summed E-state index contributed by atoms with van der Waals surface area (Å²) in [6.45, 7) is 4.66. The molecule has 134 valence electrons. The fourth-order valence-corrected chi connectivity index (χ4v) is 3.26. The summed E-state index contributed by atoms with van der Waals surface area (Å²) in [6, 6.07) is 10.4. The van der Waals surface area contributed by atoms with E-state index in [4.69, 9.17) is 4.74 Å². The zero-order chi connectivity index (χ0) is 17.5. The van der Waals surface area contributed by atoms with Gasteiger partial charge in [0.2, 0.25) is 5.95 Å². The number of nitrogens with one attached hydrogen (secondary N) is 2. The van der Waals surface area contributed by atoms with Crippen LogP contribution >= 0.6 is 0 Å². The number of aryl methyl sites for hydroxylation is 1. The van der Waals surface area contributed by atoms with Crippen molar-refractivity contribution in [2.24, 2.45) is 0 Å². The number of aromatic nitrogens is 2. The van der Waals surface area contributed by atoms with E-state index in [1.807, 2.05) is 44.2 Å². The van der Waals surface area contributed by atoms with Gasteiger partial charge < -0.3 is 15.4 Å². The fourth-order valence-electron chi connectivity index (χ4n) is 3.26. The zero-order valence-electron chi connectivity index (χ0n) is 15.2. The van der Waals surface area contributed by atoms with Crippen LogP contribution in [0, 0.1) is 6.92 Å². The van der Waals surface area contributed by atoms with E-state index in [2.05, 4.69) is 20.6 Å². The molecular weight excluding hydrogens is 312 g/mol. The molecule has 0 bridgehead atoms. The molecule has 0 amide bonds. The number of nitrogens with zero attached hydrogens (tertiary/aromatic N) is 2. The molecule has 5 heteroatoms. The SMILES string of the molecule is CCOc1ccc(Nc2nc(C)cc(NC3CCCCCC3)n2)cc1. The molecule has 2 aromatic rings. The minimum absolute atomic E-state index is 0.523. The monoisotopic (exact) mass is 340 g/mol. The minimum Gasteiger partial charge on any atom is -0.494 e. The largest absolute Gasteiger partial charge is 0.494 e. The van der Waals surface area contributed by atoms with E-state index in [1.165, 1.54) is 38.5 Å². The molecule has 1 heterocycles. The fraction of sp³-hybridized carbons (Fsp3) is 0.500. The molecule has 1 saturated carbocycles. The predicted molar refractivity (Wildman–Crippen MR) is 103 cm³/mol. The summed E-state index contributed by atoms with van der Waals surface area (Å²) in [5.41, 5.74) is 1.91. The molecular formula is C20H28N4O. The highest BCUT2D eigenvalue weighted by Crippen LogP contribution is 2.23. The van der Waals surface area contributed by atoms with Crippen molar-refractivity contribution in [2.45, 2.75) is 58.4 Å². The van der Waals surface area contributed by atoms with E-state index < -0.39 is 0 Å². The molecule has 0 saturated heterocycles. The summed E-state index contributed by atoms with van der Waals surface area (Å²) in [4.78, 5) is 9.15. The lowest BCUT2D eigenvalue weighted by molar-refractivity contribution is 0.340. The molecule has 1 aliphatic rings. The van der Waals surface area contributed by atoms with Crippen LogP contribution in [0.3, 0.4) is 0 Å². The number of anilines is 3. The van der Waals surface area contributed by atoms with Gasteiger partial charge in [0.05, 0.1) is 6.61 Å². The maximum atomic E-state index is 5.48. The Bertz CT molecular complexity index is 664. The summed E-state index contributed by atoms with van der Waals surface area (Å²) in [5.74, 6) is 2.40. The van der Waals surface area contributed by atoms with Crippen molar-refractivity contribution < 1.29 is 4.74 Å². The van der Waals surface area contributed by atoms with Crippen LogP contribution in [-0.4, -0.2) is 22.6 Å². The van der Waals surface area contributed by atoms with Gasteiger partial charge in [-0.15, -0.1) is 0 Å². The maximum absolute atomic E-state index is 5.48. The van der Waals surface area contributed by atoms with Gasteiger partial charge in [0.25, 0.3) is 0 Å². The van der Waals surface area contributed by atoms with Crippen LogP contribution in [0.5, 0.6) is 5.75 Å². The molecule has 0 aliphatic heterocycles. The first kappa shape index (κ1) is 17.5. The number of hydrogen-bond donors (Lipinski definition) is 2. The van der Waals surface area contributed by atoms with Gasteiger partial charge in [-0.3, -0.25) is 0 Å². The smallest absolute Gasteiger partial charge is 0.229 e. The summed E-state index contributed by atoms with van der Waals surface area (Å²) in [6.07, 6.45) is 7.77. The quantitative estimate of drug-likeness (QED) is 0.720. The van der Waals surface area contributed by atoms with E-state index in [-0.39, 0.29) is 0 Å². The van der Waals surface area contributed by atoms with Crippen LogP contribution in [0.1, 0.15) is 51.1 Å². The summed E-state index contributed by atoms with van der Waals surface area (Å²) < 4.78 is 5.48. The van der Waals surface area contributed by atoms with E-state index in [9.17, 15) is 0 Å². The molecule has 0 spiro atoms. The summed E-state index contributed by atoms with van der Waals surface area (Å²) >= 11 is 0. The Labute approximate surface area is 150 Å². The van der Waals surface area contributed by atoms with Gasteiger partial charge in [-0.2, -0.15) is 4.98 Å². The van der Waals surface area contributed by atoms with Gasteiger partial charge in [-0.1, -0.05) is 25.7 Å². The molecule has 2 N–H and O–H groups in total. The van der Waals surface area contributed by atoms with Gasteiger partial charge in [0.1, 0.15) is 11.6 Å².